The van der Waals surface area contributed by atoms with Crippen molar-refractivity contribution in [3.63, 3.8) is 0 Å². The fraction of sp³-hybridized carbons (Fsp3) is 0.714. The third kappa shape index (κ3) is 2.99. The number of anilines is 1. The lowest BCUT2D eigenvalue weighted by Gasteiger charge is -2.29. The Labute approximate surface area is 109 Å². The molecule has 1 aromatic heterocycles. The summed E-state index contributed by atoms with van der Waals surface area (Å²) in [6, 6.07) is 2.60. The maximum absolute atomic E-state index is 9.25. The lowest BCUT2D eigenvalue weighted by molar-refractivity contribution is 0.296. The van der Waals surface area contributed by atoms with Crippen LogP contribution in [0.1, 0.15) is 51.1 Å². The van der Waals surface area contributed by atoms with Gasteiger partial charge in [-0.25, -0.2) is 9.97 Å². The number of aliphatic hydroxyl groups is 1. The highest BCUT2D eigenvalue weighted by Crippen LogP contribution is 2.27. The summed E-state index contributed by atoms with van der Waals surface area (Å²) in [5.74, 6) is 1.38. The third-order valence-electron chi connectivity index (χ3n) is 3.67. The van der Waals surface area contributed by atoms with Gasteiger partial charge in [0, 0.05) is 24.3 Å². The molecule has 0 unspecified atom stereocenters. The van der Waals surface area contributed by atoms with Crippen LogP contribution < -0.4 is 4.90 Å². The molecule has 0 amide bonds. The van der Waals surface area contributed by atoms with Crippen LogP contribution in [0.25, 0.3) is 0 Å². The number of hydrogen-bond donors (Lipinski definition) is 1. The molecule has 18 heavy (non-hydrogen) atoms. The van der Waals surface area contributed by atoms with Crippen molar-refractivity contribution in [2.24, 2.45) is 0 Å². The fourth-order valence-electron chi connectivity index (χ4n) is 2.64. The molecule has 1 N–H and O–H groups in total. The van der Waals surface area contributed by atoms with Crippen LogP contribution in [0.3, 0.4) is 0 Å². The lowest BCUT2D eigenvalue weighted by atomic mass is 10.1. The van der Waals surface area contributed by atoms with Gasteiger partial charge in [0.2, 0.25) is 0 Å². The number of nitrogens with zero attached hydrogens (tertiary/aromatic N) is 3. The highest BCUT2D eigenvalue weighted by molar-refractivity contribution is 5.41. The van der Waals surface area contributed by atoms with Crippen LogP contribution in [-0.4, -0.2) is 34.3 Å². The molecule has 1 aliphatic carbocycles. The van der Waals surface area contributed by atoms with Gasteiger partial charge in [-0.2, -0.15) is 0 Å². The van der Waals surface area contributed by atoms with Crippen molar-refractivity contribution in [1.82, 2.24) is 9.97 Å². The molecule has 1 aliphatic rings. The molecular weight excluding hydrogens is 226 g/mol. The second-order valence-electron chi connectivity index (χ2n) is 5.31. The molecule has 0 bridgehead atoms. The van der Waals surface area contributed by atoms with Crippen LogP contribution in [0.4, 0.5) is 5.82 Å². The molecule has 4 nitrogen and oxygen atoms in total. The Morgan fingerprint density at radius 2 is 2.06 bits per heavy atom. The monoisotopic (exact) mass is 249 g/mol. The van der Waals surface area contributed by atoms with E-state index in [1.54, 1.807) is 6.33 Å². The van der Waals surface area contributed by atoms with E-state index >= 15 is 0 Å². The van der Waals surface area contributed by atoms with Gasteiger partial charge in [-0.3, -0.25) is 0 Å². The Bertz CT molecular complexity index is 375. The van der Waals surface area contributed by atoms with Crippen molar-refractivity contribution in [3.05, 3.63) is 18.1 Å². The second kappa shape index (κ2) is 6.14. The van der Waals surface area contributed by atoms with Crippen LogP contribution in [0, 0.1) is 0 Å². The standard InChI is InChI=1S/C14H23N3O/c1-11(2)13-9-14(16-10-15-13)17(7-8-18)12-5-3-4-6-12/h9-12,18H,3-8H2,1-2H3. The topological polar surface area (TPSA) is 49.2 Å². The molecular formula is C14H23N3O. The molecule has 0 spiro atoms. The van der Waals surface area contributed by atoms with Gasteiger partial charge in [0.1, 0.15) is 12.1 Å². The van der Waals surface area contributed by atoms with Crippen molar-refractivity contribution in [2.75, 3.05) is 18.1 Å². The molecule has 1 aromatic rings. The van der Waals surface area contributed by atoms with Crippen molar-refractivity contribution < 1.29 is 5.11 Å². The predicted octanol–water partition coefficient (Wildman–Crippen LogP) is 2.34. The summed E-state index contributed by atoms with van der Waals surface area (Å²) in [6.07, 6.45) is 6.63. The molecule has 0 saturated heterocycles. The quantitative estimate of drug-likeness (QED) is 0.870. The molecule has 100 valence electrons. The Morgan fingerprint density at radius 1 is 1.33 bits per heavy atom. The predicted molar refractivity (Wildman–Crippen MR) is 72.8 cm³/mol. The fourth-order valence-corrected chi connectivity index (χ4v) is 2.64. The van der Waals surface area contributed by atoms with E-state index in [0.29, 0.717) is 18.5 Å². The zero-order chi connectivity index (χ0) is 13.0. The Balaban J connectivity index is 2.21. The van der Waals surface area contributed by atoms with E-state index in [1.165, 1.54) is 25.7 Å². The first kappa shape index (κ1) is 13.3. The summed E-state index contributed by atoms with van der Waals surface area (Å²) in [5, 5.41) is 9.25. The van der Waals surface area contributed by atoms with Gasteiger partial charge < -0.3 is 10.0 Å². The number of aromatic nitrogens is 2. The van der Waals surface area contributed by atoms with Gasteiger partial charge in [-0.15, -0.1) is 0 Å². The van der Waals surface area contributed by atoms with Crippen LogP contribution in [0.2, 0.25) is 0 Å². The summed E-state index contributed by atoms with van der Waals surface area (Å²) in [6.45, 7) is 5.12. The maximum Gasteiger partial charge on any atom is 0.132 e. The average molecular weight is 249 g/mol. The summed E-state index contributed by atoms with van der Waals surface area (Å²) in [4.78, 5) is 10.9. The van der Waals surface area contributed by atoms with Crippen LogP contribution >= 0.6 is 0 Å². The summed E-state index contributed by atoms with van der Waals surface area (Å²) < 4.78 is 0. The van der Waals surface area contributed by atoms with Gasteiger partial charge in [0.05, 0.1) is 6.61 Å². The van der Waals surface area contributed by atoms with E-state index in [9.17, 15) is 5.11 Å². The van der Waals surface area contributed by atoms with Gasteiger partial charge >= 0.3 is 0 Å². The minimum absolute atomic E-state index is 0.178. The average Bonchev–Trinajstić information content (AvgIpc) is 2.89. The van der Waals surface area contributed by atoms with E-state index < -0.39 is 0 Å². The van der Waals surface area contributed by atoms with Crippen LogP contribution in [-0.2, 0) is 0 Å². The van der Waals surface area contributed by atoms with E-state index in [2.05, 4.69) is 34.8 Å². The first-order valence-electron chi connectivity index (χ1n) is 6.92. The van der Waals surface area contributed by atoms with Gasteiger partial charge in [-0.05, 0) is 18.8 Å². The minimum Gasteiger partial charge on any atom is -0.395 e. The van der Waals surface area contributed by atoms with Gasteiger partial charge in [0.25, 0.3) is 0 Å². The second-order valence-corrected chi connectivity index (χ2v) is 5.31. The smallest absolute Gasteiger partial charge is 0.132 e. The number of hydrogen-bond acceptors (Lipinski definition) is 4. The molecule has 0 aliphatic heterocycles. The maximum atomic E-state index is 9.25. The number of rotatable bonds is 5. The van der Waals surface area contributed by atoms with E-state index in [1.807, 2.05) is 0 Å². The highest BCUT2D eigenvalue weighted by Gasteiger charge is 2.23. The van der Waals surface area contributed by atoms with Gasteiger partial charge in [-0.1, -0.05) is 26.7 Å². The molecule has 0 aromatic carbocycles. The zero-order valence-corrected chi connectivity index (χ0v) is 11.3. The summed E-state index contributed by atoms with van der Waals surface area (Å²) >= 11 is 0. The van der Waals surface area contributed by atoms with E-state index in [4.69, 9.17) is 0 Å². The molecule has 0 atom stereocenters. The normalized spacial score (nSPS) is 16.4. The highest BCUT2D eigenvalue weighted by atomic mass is 16.3. The first-order chi connectivity index (χ1) is 8.72. The van der Waals surface area contributed by atoms with Crippen LogP contribution in [0.15, 0.2) is 12.4 Å². The van der Waals surface area contributed by atoms with Crippen molar-refractivity contribution in [3.8, 4) is 0 Å². The largest absolute Gasteiger partial charge is 0.395 e. The SMILES string of the molecule is CC(C)c1cc(N(CCO)C2CCCC2)ncn1. The lowest BCUT2D eigenvalue weighted by Crippen LogP contribution is -2.36. The molecule has 1 fully saturated rings. The molecule has 2 rings (SSSR count). The summed E-state index contributed by atoms with van der Waals surface area (Å²) in [5.41, 5.74) is 1.07. The van der Waals surface area contributed by atoms with Crippen LogP contribution in [0.5, 0.6) is 0 Å². The molecule has 1 heterocycles. The molecule has 1 saturated carbocycles. The molecule has 4 heteroatoms. The van der Waals surface area contributed by atoms with E-state index in [-0.39, 0.29) is 6.61 Å². The Kier molecular flexibility index (Phi) is 4.53. The molecule has 0 radical (unpaired) electrons. The van der Waals surface area contributed by atoms with E-state index in [0.717, 1.165) is 11.5 Å². The zero-order valence-electron chi connectivity index (χ0n) is 11.3. The Hall–Kier alpha value is -1.16. The van der Waals surface area contributed by atoms with Crippen molar-refractivity contribution >= 4 is 5.82 Å². The third-order valence-corrected chi connectivity index (χ3v) is 3.67. The van der Waals surface area contributed by atoms with Crippen molar-refractivity contribution in [1.29, 1.82) is 0 Å². The first-order valence-corrected chi connectivity index (χ1v) is 6.92. The minimum atomic E-state index is 0.178. The van der Waals surface area contributed by atoms with Gasteiger partial charge in [0.15, 0.2) is 0 Å². The summed E-state index contributed by atoms with van der Waals surface area (Å²) in [7, 11) is 0. The number of aliphatic hydroxyl groups excluding tert-OH is 1. The van der Waals surface area contributed by atoms with Crippen molar-refractivity contribution in [2.45, 2.75) is 51.5 Å². The Morgan fingerprint density at radius 3 is 2.67 bits per heavy atom.